The summed E-state index contributed by atoms with van der Waals surface area (Å²) in [6.45, 7) is 6.93. The Morgan fingerprint density at radius 2 is 1.89 bits per heavy atom. The molecule has 1 saturated heterocycles. The van der Waals surface area contributed by atoms with Crippen LogP contribution in [-0.2, 0) is 24.3 Å². The van der Waals surface area contributed by atoms with Gasteiger partial charge < -0.3 is 9.80 Å². The van der Waals surface area contributed by atoms with Crippen LogP contribution in [-0.4, -0.2) is 51.2 Å². The van der Waals surface area contributed by atoms with E-state index in [0.717, 1.165) is 37.3 Å². The fraction of sp³-hybridized carbons (Fsp3) is 0.545. The first-order valence-corrected chi connectivity index (χ1v) is 10.3. The van der Waals surface area contributed by atoms with Crippen molar-refractivity contribution in [1.82, 2.24) is 19.6 Å². The molecule has 4 rings (SSSR count). The SMILES string of the molecule is C[C@@H](CCC(=O)N1CCn2nc(Cc3ccccc3)cc2C1)N1CCCC1. The van der Waals surface area contributed by atoms with Crippen molar-refractivity contribution in [3.63, 3.8) is 0 Å². The molecule has 0 N–H and O–H groups in total. The minimum atomic E-state index is 0.290. The van der Waals surface area contributed by atoms with Crippen LogP contribution in [0, 0.1) is 0 Å². The van der Waals surface area contributed by atoms with Crippen LogP contribution < -0.4 is 0 Å². The summed E-state index contributed by atoms with van der Waals surface area (Å²) in [4.78, 5) is 17.2. The smallest absolute Gasteiger partial charge is 0.223 e. The molecular weight excluding hydrogens is 336 g/mol. The van der Waals surface area contributed by atoms with E-state index in [1.807, 2.05) is 11.0 Å². The van der Waals surface area contributed by atoms with Crippen LogP contribution in [0.4, 0.5) is 0 Å². The van der Waals surface area contributed by atoms with Gasteiger partial charge in [0, 0.05) is 25.4 Å². The molecular formula is C22H30N4O. The molecule has 27 heavy (non-hydrogen) atoms. The van der Waals surface area contributed by atoms with E-state index in [1.165, 1.54) is 31.5 Å². The normalized spacial score (nSPS) is 18.5. The molecule has 0 bridgehead atoms. The van der Waals surface area contributed by atoms with E-state index < -0.39 is 0 Å². The molecule has 144 valence electrons. The third-order valence-electron chi connectivity index (χ3n) is 5.97. The Kier molecular flexibility index (Phi) is 5.58. The first-order chi connectivity index (χ1) is 13.2. The molecule has 0 aliphatic carbocycles. The third-order valence-corrected chi connectivity index (χ3v) is 5.97. The van der Waals surface area contributed by atoms with Gasteiger partial charge in [0.25, 0.3) is 0 Å². The Bertz CT molecular complexity index is 764. The molecule has 0 spiro atoms. The van der Waals surface area contributed by atoms with Gasteiger partial charge in [-0.1, -0.05) is 30.3 Å². The molecule has 1 aromatic heterocycles. The summed E-state index contributed by atoms with van der Waals surface area (Å²) in [5, 5.41) is 4.74. The van der Waals surface area contributed by atoms with Gasteiger partial charge in [-0.2, -0.15) is 5.10 Å². The van der Waals surface area contributed by atoms with Crippen molar-refractivity contribution in [3.8, 4) is 0 Å². The highest BCUT2D eigenvalue weighted by Crippen LogP contribution is 2.19. The summed E-state index contributed by atoms with van der Waals surface area (Å²) < 4.78 is 2.08. The topological polar surface area (TPSA) is 41.4 Å². The molecule has 2 aliphatic heterocycles. The van der Waals surface area contributed by atoms with Gasteiger partial charge in [-0.15, -0.1) is 0 Å². The van der Waals surface area contributed by atoms with Crippen LogP contribution >= 0.6 is 0 Å². The molecule has 1 aromatic carbocycles. The van der Waals surface area contributed by atoms with Crippen molar-refractivity contribution < 1.29 is 4.79 Å². The number of rotatable bonds is 6. The lowest BCUT2D eigenvalue weighted by Gasteiger charge is -2.29. The summed E-state index contributed by atoms with van der Waals surface area (Å²) in [6, 6.07) is 13.1. The highest BCUT2D eigenvalue weighted by atomic mass is 16.2. The first kappa shape index (κ1) is 18.2. The Hall–Kier alpha value is -2.14. The minimum absolute atomic E-state index is 0.290. The zero-order valence-electron chi connectivity index (χ0n) is 16.3. The predicted molar refractivity (Wildman–Crippen MR) is 106 cm³/mol. The molecule has 1 atom stereocenters. The van der Waals surface area contributed by atoms with Gasteiger partial charge >= 0.3 is 0 Å². The average Bonchev–Trinajstić information content (AvgIpc) is 3.35. The molecule has 3 heterocycles. The summed E-state index contributed by atoms with van der Waals surface area (Å²) in [7, 11) is 0. The number of nitrogens with zero attached hydrogens (tertiary/aromatic N) is 4. The van der Waals surface area contributed by atoms with E-state index >= 15 is 0 Å². The lowest BCUT2D eigenvalue weighted by atomic mass is 10.1. The summed E-state index contributed by atoms with van der Waals surface area (Å²) in [5.41, 5.74) is 3.53. The predicted octanol–water partition coefficient (Wildman–Crippen LogP) is 3.08. The number of aromatic nitrogens is 2. The minimum Gasteiger partial charge on any atom is -0.335 e. The average molecular weight is 367 g/mol. The van der Waals surface area contributed by atoms with Gasteiger partial charge in [0.2, 0.25) is 5.91 Å². The van der Waals surface area contributed by atoms with Gasteiger partial charge in [-0.05, 0) is 50.9 Å². The van der Waals surface area contributed by atoms with Gasteiger partial charge in [0.1, 0.15) is 0 Å². The van der Waals surface area contributed by atoms with Crippen LogP contribution in [0.25, 0.3) is 0 Å². The van der Waals surface area contributed by atoms with Gasteiger partial charge in [-0.3, -0.25) is 9.48 Å². The fourth-order valence-electron chi connectivity index (χ4n) is 4.29. The van der Waals surface area contributed by atoms with Crippen LogP contribution in [0.15, 0.2) is 36.4 Å². The summed E-state index contributed by atoms with van der Waals surface area (Å²) in [6.07, 6.45) is 5.08. The number of hydrogen-bond acceptors (Lipinski definition) is 3. The maximum Gasteiger partial charge on any atom is 0.223 e. The largest absolute Gasteiger partial charge is 0.335 e. The maximum atomic E-state index is 12.7. The van der Waals surface area contributed by atoms with E-state index in [9.17, 15) is 4.79 Å². The zero-order valence-corrected chi connectivity index (χ0v) is 16.3. The Morgan fingerprint density at radius 3 is 2.67 bits per heavy atom. The van der Waals surface area contributed by atoms with E-state index in [2.05, 4.69) is 46.8 Å². The number of carbonyl (C=O) groups excluding carboxylic acids is 1. The van der Waals surface area contributed by atoms with Crippen LogP contribution in [0.2, 0.25) is 0 Å². The van der Waals surface area contributed by atoms with E-state index in [4.69, 9.17) is 5.10 Å². The van der Waals surface area contributed by atoms with E-state index in [-0.39, 0.29) is 5.91 Å². The molecule has 2 aliphatic rings. The van der Waals surface area contributed by atoms with Crippen LogP contribution in [0.5, 0.6) is 0 Å². The second-order valence-electron chi connectivity index (χ2n) is 7.96. The molecule has 2 aromatic rings. The Balaban J connectivity index is 1.31. The number of hydrogen-bond donors (Lipinski definition) is 0. The molecule has 1 amide bonds. The quantitative estimate of drug-likeness (QED) is 0.789. The first-order valence-electron chi connectivity index (χ1n) is 10.3. The monoisotopic (exact) mass is 366 g/mol. The van der Waals surface area contributed by atoms with Gasteiger partial charge in [-0.25, -0.2) is 0 Å². The van der Waals surface area contributed by atoms with Crippen molar-refractivity contribution in [1.29, 1.82) is 0 Å². The zero-order chi connectivity index (χ0) is 18.6. The molecule has 5 heteroatoms. The van der Waals surface area contributed by atoms with Crippen LogP contribution in [0.1, 0.15) is 49.6 Å². The third kappa shape index (κ3) is 4.41. The molecule has 0 unspecified atom stereocenters. The summed E-state index contributed by atoms with van der Waals surface area (Å²) >= 11 is 0. The lowest BCUT2D eigenvalue weighted by Crippen LogP contribution is -2.39. The fourth-order valence-corrected chi connectivity index (χ4v) is 4.29. The maximum absolute atomic E-state index is 12.7. The molecule has 0 radical (unpaired) electrons. The number of likely N-dealkylation sites (tertiary alicyclic amines) is 1. The second-order valence-corrected chi connectivity index (χ2v) is 7.96. The van der Waals surface area contributed by atoms with Crippen molar-refractivity contribution >= 4 is 5.91 Å². The van der Waals surface area contributed by atoms with Gasteiger partial charge in [0.15, 0.2) is 0 Å². The standard InChI is InChI=1S/C22H30N4O/c1-18(24-11-5-6-12-24)9-10-22(27)25-13-14-26-21(17-25)16-20(23-26)15-19-7-3-2-4-8-19/h2-4,7-8,16,18H,5-6,9-15,17H2,1H3/t18-/m0/s1. The van der Waals surface area contributed by atoms with E-state index in [0.29, 0.717) is 19.0 Å². The van der Waals surface area contributed by atoms with E-state index in [1.54, 1.807) is 0 Å². The molecule has 0 saturated carbocycles. The van der Waals surface area contributed by atoms with Crippen molar-refractivity contribution in [2.45, 2.75) is 58.2 Å². The Labute approximate surface area is 162 Å². The highest BCUT2D eigenvalue weighted by molar-refractivity contribution is 5.76. The Morgan fingerprint density at radius 1 is 1.11 bits per heavy atom. The number of fused-ring (bicyclic) bond motifs is 1. The van der Waals surface area contributed by atoms with Crippen molar-refractivity contribution in [2.75, 3.05) is 19.6 Å². The summed E-state index contributed by atoms with van der Waals surface area (Å²) in [5.74, 6) is 0.290. The van der Waals surface area contributed by atoms with Crippen LogP contribution in [0.3, 0.4) is 0 Å². The highest BCUT2D eigenvalue weighted by Gasteiger charge is 2.24. The molecule has 5 nitrogen and oxygen atoms in total. The number of benzene rings is 1. The van der Waals surface area contributed by atoms with Crippen molar-refractivity contribution in [2.24, 2.45) is 0 Å². The molecule has 1 fully saturated rings. The second kappa shape index (κ2) is 8.26. The number of amides is 1. The number of carbonyl (C=O) groups is 1. The van der Waals surface area contributed by atoms with Gasteiger partial charge in [0.05, 0.1) is 24.5 Å². The van der Waals surface area contributed by atoms with Crippen molar-refractivity contribution in [3.05, 3.63) is 53.3 Å². The lowest BCUT2D eigenvalue weighted by molar-refractivity contribution is -0.133.